The topological polar surface area (TPSA) is 59.3 Å². The van der Waals surface area contributed by atoms with Crippen LogP contribution in [0.4, 0.5) is 0 Å². The minimum Gasteiger partial charge on any atom is -0.481 e. The van der Waals surface area contributed by atoms with E-state index in [0.29, 0.717) is 5.56 Å². The Labute approximate surface area is 99.9 Å². The molecule has 0 spiro atoms. The van der Waals surface area contributed by atoms with Crippen molar-refractivity contribution in [3.8, 4) is 0 Å². The molecule has 0 aromatic carbocycles. The third-order valence-electron chi connectivity index (χ3n) is 3.07. The summed E-state index contributed by atoms with van der Waals surface area (Å²) in [7, 11) is 0. The maximum Gasteiger partial charge on any atom is 0.308 e. The van der Waals surface area contributed by atoms with Crippen LogP contribution < -0.4 is 5.56 Å². The lowest BCUT2D eigenvalue weighted by atomic mass is 10.1. The molecular formula is C13H17NO3. The number of hydrogen-bond acceptors (Lipinski definition) is 2. The van der Waals surface area contributed by atoms with Gasteiger partial charge >= 0.3 is 5.97 Å². The van der Waals surface area contributed by atoms with Gasteiger partial charge in [0.15, 0.2) is 0 Å². The van der Waals surface area contributed by atoms with Gasteiger partial charge < -0.3 is 9.67 Å². The average Bonchev–Trinajstić information content (AvgIpc) is 3.03. The van der Waals surface area contributed by atoms with Crippen molar-refractivity contribution in [1.29, 1.82) is 0 Å². The first-order valence-corrected chi connectivity index (χ1v) is 5.96. The van der Waals surface area contributed by atoms with Crippen molar-refractivity contribution >= 4 is 5.97 Å². The van der Waals surface area contributed by atoms with Gasteiger partial charge in [-0.2, -0.15) is 0 Å². The third-order valence-corrected chi connectivity index (χ3v) is 3.07. The van der Waals surface area contributed by atoms with Crippen molar-refractivity contribution in [2.45, 2.75) is 45.1 Å². The van der Waals surface area contributed by atoms with E-state index in [2.05, 4.69) is 0 Å². The van der Waals surface area contributed by atoms with E-state index in [1.54, 1.807) is 10.6 Å². The largest absolute Gasteiger partial charge is 0.481 e. The van der Waals surface area contributed by atoms with Gasteiger partial charge in [-0.05, 0) is 24.8 Å². The second-order valence-corrected chi connectivity index (χ2v) is 4.91. The molecule has 0 radical (unpaired) electrons. The molecule has 4 heteroatoms. The molecule has 1 fully saturated rings. The lowest BCUT2D eigenvalue weighted by Gasteiger charge is -2.16. The Morgan fingerprint density at radius 1 is 1.47 bits per heavy atom. The molecule has 4 nitrogen and oxygen atoms in total. The van der Waals surface area contributed by atoms with Gasteiger partial charge in [0.25, 0.3) is 5.56 Å². The van der Waals surface area contributed by atoms with Gasteiger partial charge in [0, 0.05) is 17.3 Å². The average molecular weight is 235 g/mol. The molecule has 0 unspecified atom stereocenters. The van der Waals surface area contributed by atoms with Gasteiger partial charge in [-0.3, -0.25) is 9.59 Å². The smallest absolute Gasteiger partial charge is 0.308 e. The number of aromatic nitrogens is 1. The number of carboxylic acids is 1. The molecule has 0 amide bonds. The van der Waals surface area contributed by atoms with Gasteiger partial charge in [0.1, 0.15) is 0 Å². The quantitative estimate of drug-likeness (QED) is 0.867. The Kier molecular flexibility index (Phi) is 3.05. The molecule has 17 heavy (non-hydrogen) atoms. The molecule has 0 saturated heterocycles. The Morgan fingerprint density at radius 2 is 2.12 bits per heavy atom. The molecule has 1 saturated carbocycles. The van der Waals surface area contributed by atoms with Crippen molar-refractivity contribution in [3.63, 3.8) is 0 Å². The number of aliphatic carboxylic acids is 1. The monoisotopic (exact) mass is 235 g/mol. The van der Waals surface area contributed by atoms with E-state index in [1.165, 1.54) is 0 Å². The van der Waals surface area contributed by atoms with E-state index in [4.69, 9.17) is 5.11 Å². The summed E-state index contributed by atoms with van der Waals surface area (Å²) in [5.74, 6) is -0.677. The zero-order valence-electron chi connectivity index (χ0n) is 10.1. The predicted octanol–water partition coefficient (Wildman–Crippen LogP) is 1.93. The maximum absolute atomic E-state index is 12.2. The number of pyridine rings is 1. The second kappa shape index (κ2) is 4.35. The van der Waals surface area contributed by atoms with Crippen LogP contribution >= 0.6 is 0 Å². The first-order chi connectivity index (χ1) is 8.00. The Morgan fingerprint density at radius 3 is 2.59 bits per heavy atom. The van der Waals surface area contributed by atoms with Crippen molar-refractivity contribution in [2.75, 3.05) is 0 Å². The molecule has 0 aliphatic heterocycles. The molecule has 92 valence electrons. The van der Waals surface area contributed by atoms with Crippen molar-refractivity contribution in [2.24, 2.45) is 0 Å². The molecule has 1 aliphatic carbocycles. The van der Waals surface area contributed by atoms with Gasteiger partial charge in [0.05, 0.1) is 6.42 Å². The SMILES string of the molecule is CC(C)c1ccc(CC(=O)O)c(=O)n1C1CC1. The van der Waals surface area contributed by atoms with E-state index in [9.17, 15) is 9.59 Å². The first kappa shape index (κ1) is 11.9. The first-order valence-electron chi connectivity index (χ1n) is 5.96. The molecule has 1 aliphatic rings. The Bertz CT molecular complexity index is 498. The Balaban J connectivity index is 2.50. The van der Waals surface area contributed by atoms with Gasteiger partial charge in [-0.25, -0.2) is 0 Å². The van der Waals surface area contributed by atoms with E-state index >= 15 is 0 Å². The van der Waals surface area contributed by atoms with Crippen LogP contribution in [0.3, 0.4) is 0 Å². The molecule has 2 rings (SSSR count). The second-order valence-electron chi connectivity index (χ2n) is 4.91. The highest BCUT2D eigenvalue weighted by molar-refractivity contribution is 5.70. The number of rotatable bonds is 4. The summed E-state index contributed by atoms with van der Waals surface area (Å²) in [5, 5.41) is 8.77. The highest BCUT2D eigenvalue weighted by Gasteiger charge is 2.28. The summed E-state index contributed by atoms with van der Waals surface area (Å²) in [6, 6.07) is 3.83. The molecule has 1 aromatic rings. The number of nitrogens with zero attached hydrogens (tertiary/aromatic N) is 1. The van der Waals surface area contributed by atoms with Crippen LogP contribution in [-0.2, 0) is 11.2 Å². The van der Waals surface area contributed by atoms with E-state index in [-0.39, 0.29) is 23.9 Å². The fourth-order valence-electron chi connectivity index (χ4n) is 2.09. The number of carbonyl (C=O) groups is 1. The summed E-state index contributed by atoms with van der Waals surface area (Å²) in [6.45, 7) is 4.09. The van der Waals surface area contributed by atoms with Crippen LogP contribution in [0.15, 0.2) is 16.9 Å². The zero-order chi connectivity index (χ0) is 12.6. The minimum atomic E-state index is -0.957. The van der Waals surface area contributed by atoms with Crippen LogP contribution in [0.1, 0.15) is 49.9 Å². The lowest BCUT2D eigenvalue weighted by Crippen LogP contribution is -2.27. The number of carboxylic acid groups (broad SMARTS) is 1. The third kappa shape index (κ3) is 2.40. The van der Waals surface area contributed by atoms with Gasteiger partial charge in [-0.15, -0.1) is 0 Å². The van der Waals surface area contributed by atoms with Crippen LogP contribution in [-0.4, -0.2) is 15.6 Å². The van der Waals surface area contributed by atoms with Crippen molar-refractivity contribution < 1.29 is 9.90 Å². The van der Waals surface area contributed by atoms with Crippen LogP contribution in [0.2, 0.25) is 0 Å². The van der Waals surface area contributed by atoms with Gasteiger partial charge in [-0.1, -0.05) is 19.9 Å². The van der Waals surface area contributed by atoms with E-state index in [1.807, 2.05) is 19.9 Å². The molecule has 1 heterocycles. The highest BCUT2D eigenvalue weighted by atomic mass is 16.4. The molecular weight excluding hydrogens is 218 g/mol. The minimum absolute atomic E-state index is 0.124. The van der Waals surface area contributed by atoms with Crippen molar-refractivity contribution in [3.05, 3.63) is 33.7 Å². The summed E-state index contributed by atoms with van der Waals surface area (Å²) in [5.41, 5.74) is 1.27. The standard InChI is InChI=1S/C13H17NO3/c1-8(2)11-6-3-9(7-12(15)16)13(17)14(11)10-4-5-10/h3,6,8,10H,4-5,7H2,1-2H3,(H,15,16). The summed E-state index contributed by atoms with van der Waals surface area (Å²) < 4.78 is 1.79. The van der Waals surface area contributed by atoms with Crippen molar-refractivity contribution in [1.82, 2.24) is 4.57 Å². The molecule has 1 N–H and O–H groups in total. The predicted molar refractivity (Wildman–Crippen MR) is 64.4 cm³/mol. The number of hydrogen-bond donors (Lipinski definition) is 1. The summed E-state index contributed by atoms with van der Waals surface area (Å²) in [4.78, 5) is 22.9. The molecule has 0 bridgehead atoms. The van der Waals surface area contributed by atoms with E-state index in [0.717, 1.165) is 18.5 Å². The molecule has 1 aromatic heterocycles. The fourth-order valence-corrected chi connectivity index (χ4v) is 2.09. The van der Waals surface area contributed by atoms with E-state index < -0.39 is 5.97 Å². The zero-order valence-corrected chi connectivity index (χ0v) is 10.1. The summed E-state index contributed by atoms with van der Waals surface area (Å²) in [6.07, 6.45) is 1.86. The molecule has 0 atom stereocenters. The lowest BCUT2D eigenvalue weighted by molar-refractivity contribution is -0.136. The van der Waals surface area contributed by atoms with Crippen LogP contribution in [0.25, 0.3) is 0 Å². The fraction of sp³-hybridized carbons (Fsp3) is 0.538. The Hall–Kier alpha value is -1.58. The van der Waals surface area contributed by atoms with Crippen LogP contribution in [0, 0.1) is 0 Å². The maximum atomic E-state index is 12.2. The van der Waals surface area contributed by atoms with Crippen LogP contribution in [0.5, 0.6) is 0 Å². The highest BCUT2D eigenvalue weighted by Crippen LogP contribution is 2.36. The summed E-state index contributed by atoms with van der Waals surface area (Å²) >= 11 is 0. The normalized spacial score (nSPS) is 15.2. The van der Waals surface area contributed by atoms with Gasteiger partial charge in [0.2, 0.25) is 0 Å².